The average molecular weight is 275 g/mol. The molecule has 0 radical (unpaired) electrons. The van der Waals surface area contributed by atoms with Crippen LogP contribution in [-0.4, -0.2) is 22.2 Å². The number of nitrogens with zero attached hydrogens (tertiary/aromatic N) is 1. The summed E-state index contributed by atoms with van der Waals surface area (Å²) < 4.78 is 6.74. The Labute approximate surface area is 116 Å². The lowest BCUT2D eigenvalue weighted by molar-refractivity contribution is 0.0524. The molecule has 0 atom stereocenters. The number of aromatic nitrogens is 1. The summed E-state index contributed by atoms with van der Waals surface area (Å²) >= 11 is 0. The molecule has 0 fully saturated rings. The third-order valence-electron chi connectivity index (χ3n) is 3.02. The van der Waals surface area contributed by atoms with E-state index in [1.165, 1.54) is 18.3 Å². The molecule has 5 nitrogen and oxygen atoms in total. The zero-order chi connectivity index (χ0) is 14.7. The van der Waals surface area contributed by atoms with Gasteiger partial charge in [0.15, 0.2) is 0 Å². The second-order valence-corrected chi connectivity index (χ2v) is 4.49. The summed E-state index contributed by atoms with van der Waals surface area (Å²) in [6, 6.07) is 4.58. The van der Waals surface area contributed by atoms with E-state index >= 15 is 0 Å². The van der Waals surface area contributed by atoms with Crippen molar-refractivity contribution in [2.24, 2.45) is 0 Å². The van der Waals surface area contributed by atoms with Gasteiger partial charge in [0, 0.05) is 12.7 Å². The molecule has 0 aliphatic carbocycles. The van der Waals surface area contributed by atoms with Crippen LogP contribution in [0.1, 0.15) is 30.6 Å². The molecule has 0 saturated heterocycles. The highest BCUT2D eigenvalue weighted by Crippen LogP contribution is 2.18. The Balaban J connectivity index is 2.74. The lowest BCUT2D eigenvalue weighted by Crippen LogP contribution is -2.21. The van der Waals surface area contributed by atoms with Gasteiger partial charge in [0.1, 0.15) is 11.3 Å². The lowest BCUT2D eigenvalue weighted by atomic mass is 10.1. The molecule has 1 N–H and O–H groups in total. The van der Waals surface area contributed by atoms with E-state index in [2.05, 4.69) is 0 Å². The van der Waals surface area contributed by atoms with Crippen LogP contribution in [0.5, 0.6) is 5.75 Å². The van der Waals surface area contributed by atoms with E-state index in [0.29, 0.717) is 17.4 Å². The first-order chi connectivity index (χ1) is 9.58. The van der Waals surface area contributed by atoms with Crippen molar-refractivity contribution in [3.8, 4) is 5.75 Å². The number of phenols is 1. The van der Waals surface area contributed by atoms with Crippen LogP contribution in [0.2, 0.25) is 0 Å². The summed E-state index contributed by atoms with van der Waals surface area (Å²) in [6.45, 7) is 4.59. The maximum Gasteiger partial charge on any atom is 0.343 e. The van der Waals surface area contributed by atoms with Gasteiger partial charge in [0.2, 0.25) is 5.43 Å². The van der Waals surface area contributed by atoms with Crippen LogP contribution in [0, 0.1) is 0 Å². The number of carbonyl (C=O) groups excluding carboxylic acids is 1. The number of hydrogen-bond donors (Lipinski definition) is 1. The number of phenolic OH excluding ortho intramolecular Hbond substituents is 1. The van der Waals surface area contributed by atoms with Crippen LogP contribution >= 0.6 is 0 Å². The first-order valence-corrected chi connectivity index (χ1v) is 6.61. The lowest BCUT2D eigenvalue weighted by Gasteiger charge is -2.12. The molecule has 2 rings (SSSR count). The van der Waals surface area contributed by atoms with Gasteiger partial charge in [-0.2, -0.15) is 0 Å². The molecule has 2 aromatic rings. The van der Waals surface area contributed by atoms with E-state index in [4.69, 9.17) is 4.74 Å². The van der Waals surface area contributed by atoms with E-state index in [9.17, 15) is 14.7 Å². The van der Waals surface area contributed by atoms with Gasteiger partial charge in [-0.05, 0) is 31.5 Å². The second kappa shape index (κ2) is 5.77. The Morgan fingerprint density at radius 1 is 1.35 bits per heavy atom. The van der Waals surface area contributed by atoms with Gasteiger partial charge in [-0.1, -0.05) is 6.92 Å². The van der Waals surface area contributed by atoms with Crippen LogP contribution in [0.25, 0.3) is 10.9 Å². The molecule has 0 aliphatic heterocycles. The first kappa shape index (κ1) is 14.1. The van der Waals surface area contributed by atoms with Crippen molar-refractivity contribution in [3.05, 3.63) is 40.2 Å². The van der Waals surface area contributed by atoms with Gasteiger partial charge in [-0.15, -0.1) is 0 Å². The van der Waals surface area contributed by atoms with Crippen molar-refractivity contribution in [3.63, 3.8) is 0 Å². The molecule has 20 heavy (non-hydrogen) atoms. The Morgan fingerprint density at radius 2 is 2.10 bits per heavy atom. The number of esters is 1. The first-order valence-electron chi connectivity index (χ1n) is 6.61. The Kier molecular flexibility index (Phi) is 4.08. The molecule has 0 spiro atoms. The number of hydrogen-bond acceptors (Lipinski definition) is 4. The van der Waals surface area contributed by atoms with Crippen LogP contribution in [0.3, 0.4) is 0 Å². The van der Waals surface area contributed by atoms with Crippen LogP contribution in [0.4, 0.5) is 0 Å². The van der Waals surface area contributed by atoms with E-state index in [1.54, 1.807) is 13.0 Å². The molecule has 5 heteroatoms. The zero-order valence-electron chi connectivity index (χ0n) is 11.5. The molecule has 106 valence electrons. The molecule has 1 aromatic carbocycles. The number of ether oxygens (including phenoxy) is 1. The molecule has 0 bridgehead atoms. The van der Waals surface area contributed by atoms with E-state index in [-0.39, 0.29) is 17.9 Å². The van der Waals surface area contributed by atoms with Gasteiger partial charge in [0.25, 0.3) is 0 Å². The smallest absolute Gasteiger partial charge is 0.343 e. The van der Waals surface area contributed by atoms with Gasteiger partial charge < -0.3 is 14.4 Å². The summed E-state index contributed by atoms with van der Waals surface area (Å²) in [6.07, 6.45) is 2.39. The number of carbonyl (C=O) groups is 1. The molecular weight excluding hydrogens is 258 g/mol. The van der Waals surface area contributed by atoms with Gasteiger partial charge in [-0.25, -0.2) is 4.79 Å². The minimum absolute atomic E-state index is 0.00124. The van der Waals surface area contributed by atoms with Gasteiger partial charge in [-0.3, -0.25) is 4.79 Å². The SMILES string of the molecule is CCCn1cc(C(=O)OCC)c(=O)c2cc(O)ccc21. The molecular formula is C15H17NO4. The fourth-order valence-electron chi connectivity index (χ4n) is 2.17. The minimum Gasteiger partial charge on any atom is -0.508 e. The fraction of sp³-hybridized carbons (Fsp3) is 0.333. The number of aromatic hydroxyl groups is 1. The highest BCUT2D eigenvalue weighted by Gasteiger charge is 2.16. The maximum absolute atomic E-state index is 12.3. The number of benzene rings is 1. The second-order valence-electron chi connectivity index (χ2n) is 4.49. The molecule has 0 saturated carbocycles. The number of fused-ring (bicyclic) bond motifs is 1. The molecule has 1 heterocycles. The molecule has 0 aliphatic rings. The zero-order valence-corrected chi connectivity index (χ0v) is 11.5. The van der Waals surface area contributed by atoms with Crippen LogP contribution in [-0.2, 0) is 11.3 Å². The summed E-state index contributed by atoms with van der Waals surface area (Å²) in [4.78, 5) is 24.2. The number of aryl methyl sites for hydroxylation is 1. The Morgan fingerprint density at radius 3 is 2.75 bits per heavy atom. The highest BCUT2D eigenvalue weighted by molar-refractivity contribution is 5.94. The molecule has 0 unspecified atom stereocenters. The van der Waals surface area contributed by atoms with E-state index < -0.39 is 11.4 Å². The monoisotopic (exact) mass is 275 g/mol. The molecule has 1 aromatic heterocycles. The van der Waals surface area contributed by atoms with Gasteiger partial charge in [0.05, 0.1) is 17.5 Å². The average Bonchev–Trinajstić information content (AvgIpc) is 2.42. The van der Waals surface area contributed by atoms with Crippen molar-refractivity contribution in [2.75, 3.05) is 6.61 Å². The topological polar surface area (TPSA) is 68.5 Å². The predicted molar refractivity (Wildman–Crippen MR) is 76.1 cm³/mol. The van der Waals surface area contributed by atoms with E-state index in [0.717, 1.165) is 6.42 Å². The van der Waals surface area contributed by atoms with Crippen molar-refractivity contribution in [2.45, 2.75) is 26.8 Å². The fourth-order valence-corrected chi connectivity index (χ4v) is 2.17. The van der Waals surface area contributed by atoms with Crippen molar-refractivity contribution in [1.29, 1.82) is 0 Å². The van der Waals surface area contributed by atoms with Crippen LogP contribution < -0.4 is 5.43 Å². The molecule has 0 amide bonds. The summed E-state index contributed by atoms with van der Waals surface area (Å²) in [7, 11) is 0. The third kappa shape index (κ3) is 2.52. The summed E-state index contributed by atoms with van der Waals surface area (Å²) in [5, 5.41) is 9.87. The maximum atomic E-state index is 12.3. The highest BCUT2D eigenvalue weighted by atomic mass is 16.5. The van der Waals surface area contributed by atoms with Crippen LogP contribution in [0.15, 0.2) is 29.2 Å². The predicted octanol–water partition coefficient (Wildman–Crippen LogP) is 2.29. The minimum atomic E-state index is -0.632. The largest absolute Gasteiger partial charge is 0.508 e. The summed E-state index contributed by atoms with van der Waals surface area (Å²) in [5.41, 5.74) is 0.280. The Bertz CT molecular complexity index is 703. The summed E-state index contributed by atoms with van der Waals surface area (Å²) in [5.74, 6) is -0.633. The van der Waals surface area contributed by atoms with Crippen molar-refractivity contribution < 1.29 is 14.6 Å². The number of rotatable bonds is 4. The quantitative estimate of drug-likeness (QED) is 0.869. The Hall–Kier alpha value is -2.30. The third-order valence-corrected chi connectivity index (χ3v) is 3.02. The standard InChI is InChI=1S/C15H17NO4/c1-3-7-16-9-12(15(19)20-4-2)14(18)11-8-10(17)5-6-13(11)16/h5-6,8-9,17H,3-4,7H2,1-2H3. The number of pyridine rings is 1. The van der Waals surface area contributed by atoms with E-state index in [1.807, 2.05) is 11.5 Å². The van der Waals surface area contributed by atoms with Gasteiger partial charge >= 0.3 is 5.97 Å². The normalized spacial score (nSPS) is 10.7. The van der Waals surface area contributed by atoms with Crippen molar-refractivity contribution >= 4 is 16.9 Å². The van der Waals surface area contributed by atoms with Crippen molar-refractivity contribution in [1.82, 2.24) is 4.57 Å².